The van der Waals surface area contributed by atoms with E-state index < -0.39 is 0 Å². The number of nitrogens with zero attached hydrogens (tertiary/aromatic N) is 2. The van der Waals surface area contributed by atoms with Gasteiger partial charge in [-0.25, -0.2) is 0 Å². The van der Waals surface area contributed by atoms with Gasteiger partial charge in [0.15, 0.2) is 0 Å². The lowest BCUT2D eigenvalue weighted by molar-refractivity contribution is -0.133. The van der Waals surface area contributed by atoms with Gasteiger partial charge in [0.1, 0.15) is 0 Å². The zero-order valence-corrected chi connectivity index (χ0v) is 10.9. The van der Waals surface area contributed by atoms with Crippen LogP contribution < -0.4 is 5.56 Å². The largest absolute Gasteiger partial charge is 0.341 e. The van der Waals surface area contributed by atoms with Gasteiger partial charge in [-0.05, 0) is 13.0 Å². The Labute approximate surface area is 102 Å². The number of hydrogen-bond acceptors (Lipinski definition) is 2. The Hall–Kier alpha value is -1.58. The highest BCUT2D eigenvalue weighted by Crippen LogP contribution is 2.03. The molecule has 0 fully saturated rings. The van der Waals surface area contributed by atoms with E-state index in [0.29, 0.717) is 18.7 Å². The normalized spacial score (nSPS) is 10.6. The van der Waals surface area contributed by atoms with E-state index in [0.717, 1.165) is 0 Å². The molecule has 0 bridgehead atoms. The van der Waals surface area contributed by atoms with Crippen molar-refractivity contribution in [2.45, 2.75) is 33.9 Å². The van der Waals surface area contributed by atoms with Crippen molar-refractivity contribution in [1.29, 1.82) is 0 Å². The molecule has 0 spiro atoms. The fourth-order valence-corrected chi connectivity index (χ4v) is 1.73. The van der Waals surface area contributed by atoms with E-state index in [-0.39, 0.29) is 17.4 Å². The number of pyridine rings is 1. The molecular weight excluding hydrogens is 216 g/mol. The summed E-state index contributed by atoms with van der Waals surface area (Å²) in [6, 6.07) is 3.62. The van der Waals surface area contributed by atoms with Gasteiger partial charge in [-0.2, -0.15) is 0 Å². The van der Waals surface area contributed by atoms with E-state index in [2.05, 4.69) is 0 Å². The molecular formula is C13H20N2O2. The standard InChI is InChI=1S/C13H20N2O2/c1-5-15-8-6-7-11(13(15)17)9-14(4)12(16)10(2)3/h6-8,10H,5,9H2,1-4H3. The van der Waals surface area contributed by atoms with Crippen LogP contribution in [0.15, 0.2) is 23.1 Å². The highest BCUT2D eigenvalue weighted by molar-refractivity contribution is 5.77. The topological polar surface area (TPSA) is 42.3 Å². The predicted molar refractivity (Wildman–Crippen MR) is 67.7 cm³/mol. The molecule has 0 saturated carbocycles. The maximum atomic E-state index is 12.0. The van der Waals surface area contributed by atoms with Crippen LogP contribution in [0, 0.1) is 5.92 Å². The first-order valence-electron chi connectivity index (χ1n) is 5.90. The van der Waals surface area contributed by atoms with Crippen LogP contribution in [0.3, 0.4) is 0 Å². The molecule has 1 rings (SSSR count). The monoisotopic (exact) mass is 236 g/mol. The van der Waals surface area contributed by atoms with Gasteiger partial charge in [-0.1, -0.05) is 19.9 Å². The number of amides is 1. The van der Waals surface area contributed by atoms with Gasteiger partial charge in [0, 0.05) is 31.3 Å². The van der Waals surface area contributed by atoms with Gasteiger partial charge in [0.2, 0.25) is 5.91 Å². The number of aryl methyl sites for hydroxylation is 1. The Balaban J connectivity index is 2.89. The highest BCUT2D eigenvalue weighted by Gasteiger charge is 2.14. The molecule has 0 aliphatic heterocycles. The van der Waals surface area contributed by atoms with Gasteiger partial charge in [-0.3, -0.25) is 9.59 Å². The molecule has 17 heavy (non-hydrogen) atoms. The minimum atomic E-state index is -0.0443. The molecule has 0 radical (unpaired) electrons. The lowest BCUT2D eigenvalue weighted by Gasteiger charge is -2.19. The zero-order valence-electron chi connectivity index (χ0n) is 10.9. The minimum absolute atomic E-state index is 0.0154. The average Bonchev–Trinajstić information content (AvgIpc) is 2.30. The summed E-state index contributed by atoms with van der Waals surface area (Å²) in [5.41, 5.74) is 0.643. The van der Waals surface area contributed by atoms with Crippen molar-refractivity contribution in [3.63, 3.8) is 0 Å². The van der Waals surface area contributed by atoms with Crippen LogP contribution in [-0.4, -0.2) is 22.4 Å². The Bertz CT molecular complexity index is 449. The predicted octanol–water partition coefficient (Wildman–Crippen LogP) is 1.48. The number of carbonyl (C=O) groups excluding carboxylic acids is 1. The Morgan fingerprint density at radius 2 is 2.12 bits per heavy atom. The van der Waals surface area contributed by atoms with Crippen molar-refractivity contribution in [2.75, 3.05) is 7.05 Å². The Morgan fingerprint density at radius 1 is 1.47 bits per heavy atom. The lowest BCUT2D eigenvalue weighted by Crippen LogP contribution is -2.33. The fraction of sp³-hybridized carbons (Fsp3) is 0.538. The molecule has 1 amide bonds. The fourth-order valence-electron chi connectivity index (χ4n) is 1.73. The highest BCUT2D eigenvalue weighted by atomic mass is 16.2. The van der Waals surface area contributed by atoms with Gasteiger partial charge < -0.3 is 9.47 Å². The number of carbonyl (C=O) groups is 1. The third kappa shape index (κ3) is 3.19. The molecule has 0 atom stereocenters. The second-order valence-electron chi connectivity index (χ2n) is 4.47. The summed E-state index contributed by atoms with van der Waals surface area (Å²) in [5.74, 6) is 0.00779. The molecule has 4 heteroatoms. The van der Waals surface area contributed by atoms with Gasteiger partial charge in [-0.15, -0.1) is 0 Å². The number of aromatic nitrogens is 1. The van der Waals surface area contributed by atoms with Crippen LogP contribution in [0.5, 0.6) is 0 Å². The first-order valence-corrected chi connectivity index (χ1v) is 5.90. The van der Waals surface area contributed by atoms with Crippen LogP contribution in [0.25, 0.3) is 0 Å². The van der Waals surface area contributed by atoms with E-state index in [9.17, 15) is 9.59 Å². The van der Waals surface area contributed by atoms with Crippen LogP contribution in [0.2, 0.25) is 0 Å². The van der Waals surface area contributed by atoms with E-state index >= 15 is 0 Å². The van der Waals surface area contributed by atoms with E-state index in [1.165, 1.54) is 0 Å². The molecule has 0 unspecified atom stereocenters. The summed E-state index contributed by atoms with van der Waals surface area (Å²) in [7, 11) is 1.73. The third-order valence-corrected chi connectivity index (χ3v) is 2.72. The molecule has 0 N–H and O–H groups in total. The molecule has 94 valence electrons. The summed E-state index contributed by atoms with van der Waals surface area (Å²) >= 11 is 0. The summed E-state index contributed by atoms with van der Waals surface area (Å²) in [5, 5.41) is 0. The lowest BCUT2D eigenvalue weighted by atomic mass is 10.2. The Kier molecular flexibility index (Phi) is 4.49. The van der Waals surface area contributed by atoms with E-state index in [1.807, 2.05) is 26.8 Å². The van der Waals surface area contributed by atoms with Crippen molar-refractivity contribution in [3.8, 4) is 0 Å². The van der Waals surface area contributed by atoms with Crippen LogP contribution in [0.1, 0.15) is 26.3 Å². The zero-order chi connectivity index (χ0) is 13.0. The molecule has 0 aliphatic rings. The smallest absolute Gasteiger partial charge is 0.255 e. The maximum Gasteiger partial charge on any atom is 0.255 e. The number of rotatable bonds is 4. The third-order valence-electron chi connectivity index (χ3n) is 2.72. The van der Waals surface area contributed by atoms with Crippen molar-refractivity contribution < 1.29 is 4.79 Å². The summed E-state index contributed by atoms with van der Waals surface area (Å²) in [6.45, 7) is 6.65. The second-order valence-corrected chi connectivity index (χ2v) is 4.47. The van der Waals surface area contributed by atoms with Crippen molar-refractivity contribution in [1.82, 2.24) is 9.47 Å². The van der Waals surface area contributed by atoms with E-state index in [4.69, 9.17) is 0 Å². The Morgan fingerprint density at radius 3 is 2.65 bits per heavy atom. The maximum absolute atomic E-state index is 12.0. The second kappa shape index (κ2) is 5.66. The first-order chi connectivity index (χ1) is 7.97. The summed E-state index contributed by atoms with van der Waals surface area (Å²) in [4.78, 5) is 25.3. The van der Waals surface area contributed by atoms with Crippen LogP contribution in [-0.2, 0) is 17.9 Å². The van der Waals surface area contributed by atoms with E-state index in [1.54, 1.807) is 28.8 Å². The molecule has 1 aromatic rings. The summed E-state index contributed by atoms with van der Waals surface area (Å²) < 4.78 is 1.64. The van der Waals surface area contributed by atoms with Gasteiger partial charge in [0.05, 0.1) is 6.54 Å². The molecule has 1 heterocycles. The SMILES string of the molecule is CCn1cccc(CN(C)C(=O)C(C)C)c1=O. The molecule has 0 aromatic carbocycles. The molecule has 0 aliphatic carbocycles. The van der Waals surface area contributed by atoms with Crippen molar-refractivity contribution in [2.24, 2.45) is 5.92 Å². The molecule has 0 saturated heterocycles. The quantitative estimate of drug-likeness (QED) is 0.794. The molecule has 4 nitrogen and oxygen atoms in total. The van der Waals surface area contributed by atoms with Gasteiger partial charge >= 0.3 is 0 Å². The number of hydrogen-bond donors (Lipinski definition) is 0. The average molecular weight is 236 g/mol. The summed E-state index contributed by atoms with van der Waals surface area (Å²) in [6.07, 6.45) is 1.76. The van der Waals surface area contributed by atoms with Gasteiger partial charge in [0.25, 0.3) is 5.56 Å². The first kappa shape index (κ1) is 13.5. The van der Waals surface area contributed by atoms with Crippen LogP contribution >= 0.6 is 0 Å². The van der Waals surface area contributed by atoms with Crippen LogP contribution in [0.4, 0.5) is 0 Å². The molecule has 1 aromatic heterocycles. The van der Waals surface area contributed by atoms with Crippen molar-refractivity contribution in [3.05, 3.63) is 34.2 Å². The van der Waals surface area contributed by atoms with Crippen molar-refractivity contribution >= 4 is 5.91 Å². The minimum Gasteiger partial charge on any atom is -0.341 e.